The normalized spacial score (nSPS) is 26.7. The number of alkyl halides is 1. The summed E-state index contributed by atoms with van der Waals surface area (Å²) in [5.41, 5.74) is 9.95. The van der Waals surface area contributed by atoms with Crippen molar-refractivity contribution >= 4 is 72.3 Å². The number of nitrogens with zero attached hydrogens (tertiary/aromatic N) is 4. The first-order valence-corrected chi connectivity index (χ1v) is 11.2. The van der Waals surface area contributed by atoms with E-state index in [0.717, 1.165) is 35.8 Å². The van der Waals surface area contributed by atoms with Gasteiger partial charge in [-0.15, -0.1) is 36.4 Å². The molecule has 5 rings (SSSR count). The van der Waals surface area contributed by atoms with Crippen LogP contribution in [0.1, 0.15) is 29.4 Å². The van der Waals surface area contributed by atoms with Crippen LogP contribution in [0.15, 0.2) is 55.6 Å². The van der Waals surface area contributed by atoms with E-state index in [4.69, 9.17) is 11.6 Å². The van der Waals surface area contributed by atoms with Crippen molar-refractivity contribution in [3.8, 4) is 0 Å². The van der Waals surface area contributed by atoms with E-state index in [-0.39, 0.29) is 24.8 Å². The molecule has 3 unspecified atom stereocenters. The van der Waals surface area contributed by atoms with E-state index in [1.54, 1.807) is 0 Å². The van der Waals surface area contributed by atoms with Crippen LogP contribution >= 0.6 is 36.4 Å². The number of halogens is 3. The zero-order valence-corrected chi connectivity index (χ0v) is 20.9. The molecule has 2 heterocycles. The molecule has 4 aliphatic rings. The Morgan fingerprint density at radius 3 is 2.03 bits per heavy atom. The molecule has 0 aromatic heterocycles. The molecule has 0 saturated heterocycles. The van der Waals surface area contributed by atoms with Gasteiger partial charge in [-0.1, -0.05) is 24.3 Å². The van der Waals surface area contributed by atoms with Crippen molar-refractivity contribution < 1.29 is 9.59 Å². The van der Waals surface area contributed by atoms with Gasteiger partial charge in [0.1, 0.15) is 17.9 Å². The largest absolute Gasteiger partial charge is 0.353 e. The van der Waals surface area contributed by atoms with Crippen LogP contribution in [-0.4, -0.2) is 67.5 Å². The van der Waals surface area contributed by atoms with Gasteiger partial charge in [0.25, 0.3) is 0 Å². The fourth-order valence-corrected chi connectivity index (χ4v) is 4.88. The number of hydrogen-bond donors (Lipinski definition) is 4. The fourth-order valence-electron chi connectivity index (χ4n) is 4.59. The van der Waals surface area contributed by atoms with Crippen LogP contribution in [0.4, 0.5) is 0 Å². The number of rotatable bonds is 4. The van der Waals surface area contributed by atoms with Gasteiger partial charge in [0.05, 0.1) is 36.3 Å². The zero-order valence-electron chi connectivity index (χ0n) is 18.5. The average molecular weight is 540 g/mol. The smallest absolute Gasteiger partial charge is 0.212 e. The van der Waals surface area contributed by atoms with Gasteiger partial charge in [0, 0.05) is 19.5 Å². The molecule has 0 spiro atoms. The highest BCUT2D eigenvalue weighted by Gasteiger charge is 2.43. The maximum Gasteiger partial charge on any atom is 0.212 e. The standard InChI is InChI=1S/C22H23ClN8O2.2ClH/c23-19-17(28-30-21-24-5-6-25-21)9-14-15(10-32)12-3-1-2-4-13(12)16(11-33)18(14)20(19)29-31-22-26-7-8-27-22;;/h1-4,10-11,15-16,19H,5-9H2,(H2,24,25,30)(H2,26,27,31);2*1H. The molecule has 3 atom stereocenters. The summed E-state index contributed by atoms with van der Waals surface area (Å²) in [7, 11) is 0. The molecule has 10 nitrogen and oxygen atoms in total. The molecule has 13 heteroatoms. The predicted molar refractivity (Wildman–Crippen MR) is 142 cm³/mol. The third kappa shape index (κ3) is 5.05. The van der Waals surface area contributed by atoms with Crippen molar-refractivity contribution in [1.29, 1.82) is 0 Å². The highest BCUT2D eigenvalue weighted by atomic mass is 35.5. The second-order valence-corrected chi connectivity index (χ2v) is 8.41. The van der Waals surface area contributed by atoms with E-state index >= 15 is 0 Å². The van der Waals surface area contributed by atoms with E-state index in [0.29, 0.717) is 55.0 Å². The third-order valence-electron chi connectivity index (χ3n) is 6.09. The van der Waals surface area contributed by atoms with Gasteiger partial charge in [-0.2, -0.15) is 10.2 Å². The Morgan fingerprint density at radius 2 is 1.49 bits per heavy atom. The lowest BCUT2D eigenvalue weighted by atomic mass is 9.67. The maximum absolute atomic E-state index is 12.3. The Labute approximate surface area is 219 Å². The lowest BCUT2D eigenvalue weighted by Gasteiger charge is -2.37. The van der Waals surface area contributed by atoms with Crippen LogP contribution in [0.5, 0.6) is 0 Å². The number of guanidine groups is 2. The molecule has 0 bridgehead atoms. The average Bonchev–Trinajstić information content (AvgIpc) is 3.55. The number of allylic oxidation sites excluding steroid dienone is 2. The Balaban J connectivity index is 0.00000171. The number of fused-ring (bicyclic) bond motifs is 1. The molecular weight excluding hydrogens is 515 g/mol. The number of benzene rings is 1. The van der Waals surface area contributed by atoms with Crippen molar-refractivity contribution in [3.63, 3.8) is 0 Å². The van der Waals surface area contributed by atoms with Crippen LogP contribution < -0.4 is 21.5 Å². The summed E-state index contributed by atoms with van der Waals surface area (Å²) in [6, 6.07) is 7.50. The molecule has 35 heavy (non-hydrogen) atoms. The number of aldehydes is 2. The molecule has 1 aromatic rings. The minimum Gasteiger partial charge on any atom is -0.353 e. The number of hydrogen-bond acceptors (Lipinski definition) is 10. The van der Waals surface area contributed by atoms with Crippen molar-refractivity contribution in [2.75, 3.05) is 26.2 Å². The quantitative estimate of drug-likeness (QED) is 0.259. The number of aliphatic imine (C=N–C) groups is 2. The van der Waals surface area contributed by atoms with Gasteiger partial charge >= 0.3 is 0 Å². The van der Waals surface area contributed by atoms with Gasteiger partial charge in [-0.05, 0) is 22.3 Å². The first-order valence-electron chi connectivity index (χ1n) is 10.8. The van der Waals surface area contributed by atoms with Crippen LogP contribution in [-0.2, 0) is 9.59 Å². The predicted octanol–water partition coefficient (Wildman–Crippen LogP) is 1.23. The molecule has 186 valence electrons. The SMILES string of the molecule is Cl.Cl.O=CC1C2=C(C(=NNC3=NCCN3)C(Cl)C(=NNC3=NCCN3)C2)C(C=O)c2ccccc21. The van der Waals surface area contributed by atoms with Crippen LogP contribution in [0, 0.1) is 0 Å². The fraction of sp³-hybridized carbons (Fsp3) is 0.364. The Kier molecular flexibility index (Phi) is 8.87. The molecule has 2 aliphatic carbocycles. The summed E-state index contributed by atoms with van der Waals surface area (Å²) < 4.78 is 0. The lowest BCUT2D eigenvalue weighted by molar-refractivity contribution is -0.109. The summed E-state index contributed by atoms with van der Waals surface area (Å²) >= 11 is 6.88. The third-order valence-corrected chi connectivity index (χ3v) is 6.55. The van der Waals surface area contributed by atoms with E-state index < -0.39 is 17.2 Å². The molecule has 0 saturated carbocycles. The lowest BCUT2D eigenvalue weighted by Crippen LogP contribution is -2.42. The Hall–Kier alpha value is -2.95. The zero-order chi connectivity index (χ0) is 22.8. The van der Waals surface area contributed by atoms with E-state index in [1.807, 2.05) is 24.3 Å². The summed E-state index contributed by atoms with van der Waals surface area (Å²) in [5, 5.41) is 14.5. The molecule has 2 aliphatic heterocycles. The van der Waals surface area contributed by atoms with Crippen molar-refractivity contribution in [3.05, 3.63) is 46.5 Å². The highest BCUT2D eigenvalue weighted by molar-refractivity contribution is 6.48. The van der Waals surface area contributed by atoms with Gasteiger partial charge < -0.3 is 20.2 Å². The number of nitrogens with one attached hydrogen (secondary N) is 4. The number of carbonyl (C=O) groups is 2. The van der Waals surface area contributed by atoms with Crippen LogP contribution in [0.25, 0.3) is 0 Å². The molecule has 4 N–H and O–H groups in total. The molecule has 0 radical (unpaired) electrons. The van der Waals surface area contributed by atoms with E-state index in [2.05, 4.69) is 41.7 Å². The summed E-state index contributed by atoms with van der Waals surface area (Å²) in [6.07, 6.45) is 2.13. The second-order valence-electron chi connectivity index (χ2n) is 7.97. The first-order chi connectivity index (χ1) is 16.2. The maximum atomic E-state index is 12.3. The van der Waals surface area contributed by atoms with Crippen molar-refractivity contribution in [1.82, 2.24) is 21.5 Å². The molecule has 0 amide bonds. The topological polar surface area (TPSA) is 132 Å². The summed E-state index contributed by atoms with van der Waals surface area (Å²) in [5.74, 6) is 0.00361. The molecular formula is C22H25Cl3N8O2. The van der Waals surface area contributed by atoms with Crippen molar-refractivity contribution in [2.24, 2.45) is 20.2 Å². The van der Waals surface area contributed by atoms with Gasteiger partial charge in [0.2, 0.25) is 11.9 Å². The highest BCUT2D eigenvalue weighted by Crippen LogP contribution is 2.46. The van der Waals surface area contributed by atoms with E-state index in [9.17, 15) is 9.59 Å². The van der Waals surface area contributed by atoms with Crippen LogP contribution in [0.2, 0.25) is 0 Å². The summed E-state index contributed by atoms with van der Waals surface area (Å²) in [6.45, 7) is 2.77. The van der Waals surface area contributed by atoms with Crippen molar-refractivity contribution in [2.45, 2.75) is 23.6 Å². The molecule has 1 aromatic carbocycles. The number of carbonyl (C=O) groups excluding carboxylic acids is 2. The summed E-state index contributed by atoms with van der Waals surface area (Å²) in [4.78, 5) is 33.2. The second kappa shape index (κ2) is 11.7. The van der Waals surface area contributed by atoms with E-state index in [1.165, 1.54) is 0 Å². The number of hydrazone groups is 2. The van der Waals surface area contributed by atoms with Gasteiger partial charge in [0.15, 0.2) is 0 Å². The minimum atomic E-state index is -0.715. The van der Waals surface area contributed by atoms with Gasteiger partial charge in [-0.25, -0.2) is 20.8 Å². The Morgan fingerprint density at radius 1 is 0.914 bits per heavy atom. The van der Waals surface area contributed by atoms with Crippen LogP contribution in [0.3, 0.4) is 0 Å². The Bertz CT molecular complexity index is 1150. The molecule has 0 fully saturated rings. The monoisotopic (exact) mass is 538 g/mol. The first kappa shape index (κ1) is 26.7. The minimum absolute atomic E-state index is 0. The van der Waals surface area contributed by atoms with Gasteiger partial charge in [-0.3, -0.25) is 0 Å².